The third-order valence-electron chi connectivity index (χ3n) is 3.76. The van der Waals surface area contributed by atoms with E-state index in [1.807, 2.05) is 12.1 Å². The van der Waals surface area contributed by atoms with Gasteiger partial charge in [0, 0.05) is 18.3 Å². The smallest absolute Gasteiger partial charge is 0.325 e. The highest BCUT2D eigenvalue weighted by molar-refractivity contribution is 5.80. The molecule has 2 N–H and O–H groups in total. The number of carbonyl (C=O) groups is 1. The Balaban J connectivity index is 2.88. The first-order valence-electron chi connectivity index (χ1n) is 7.61. The van der Waals surface area contributed by atoms with Crippen molar-refractivity contribution in [2.24, 2.45) is 5.73 Å². The molecule has 0 heterocycles. The van der Waals surface area contributed by atoms with E-state index in [2.05, 4.69) is 37.8 Å². The van der Waals surface area contributed by atoms with Crippen LogP contribution in [0.1, 0.15) is 39.7 Å². The summed E-state index contributed by atoms with van der Waals surface area (Å²) in [6.45, 7) is 11.1. The number of carbonyl (C=O) groups excluding carboxylic acids is 1. The monoisotopic (exact) mass is 292 g/mol. The van der Waals surface area contributed by atoms with Gasteiger partial charge in [-0.3, -0.25) is 4.79 Å². The molecule has 0 saturated heterocycles. The van der Waals surface area contributed by atoms with Gasteiger partial charge in [-0.05, 0) is 52.7 Å². The molecule has 0 fully saturated rings. The summed E-state index contributed by atoms with van der Waals surface area (Å²) in [5.41, 5.74) is 7.60. The summed E-state index contributed by atoms with van der Waals surface area (Å²) >= 11 is 0. The summed E-state index contributed by atoms with van der Waals surface area (Å²) in [5.74, 6) is -0.335. The van der Waals surface area contributed by atoms with Gasteiger partial charge < -0.3 is 15.4 Å². The van der Waals surface area contributed by atoms with Crippen molar-refractivity contribution in [1.29, 1.82) is 0 Å². The van der Waals surface area contributed by atoms with Crippen molar-refractivity contribution in [2.45, 2.75) is 52.6 Å². The van der Waals surface area contributed by atoms with E-state index in [0.29, 0.717) is 13.0 Å². The van der Waals surface area contributed by atoms with E-state index in [4.69, 9.17) is 10.5 Å². The van der Waals surface area contributed by atoms with Crippen LogP contribution in [-0.2, 0) is 9.53 Å². The lowest BCUT2D eigenvalue weighted by Crippen LogP contribution is -2.51. The zero-order valence-electron chi connectivity index (χ0n) is 13.8. The topological polar surface area (TPSA) is 55.6 Å². The quantitative estimate of drug-likeness (QED) is 0.785. The van der Waals surface area contributed by atoms with Crippen LogP contribution in [-0.4, -0.2) is 30.7 Å². The van der Waals surface area contributed by atoms with Gasteiger partial charge in [-0.1, -0.05) is 18.2 Å². The third-order valence-corrected chi connectivity index (χ3v) is 3.76. The molecule has 4 heteroatoms. The second-order valence-electron chi connectivity index (χ2n) is 5.76. The first kappa shape index (κ1) is 17.5. The van der Waals surface area contributed by atoms with Crippen LogP contribution < -0.4 is 10.6 Å². The Morgan fingerprint density at radius 3 is 2.52 bits per heavy atom. The predicted molar refractivity (Wildman–Crippen MR) is 87.5 cm³/mol. The summed E-state index contributed by atoms with van der Waals surface area (Å²) in [6, 6.07) is 8.41. The number of aryl methyl sites for hydroxylation is 1. The standard InChI is InChI=1S/C17H28N2O2/c1-6-19(15-11-9-8-10-13(15)3)14(4)12-17(5,18)16(20)21-7-2/h8-11,14H,6-7,12,18H2,1-5H3. The molecule has 0 radical (unpaired) electrons. The molecule has 2 atom stereocenters. The molecule has 0 aliphatic rings. The third kappa shape index (κ3) is 4.46. The van der Waals surface area contributed by atoms with E-state index in [1.165, 1.54) is 11.3 Å². The van der Waals surface area contributed by atoms with Crippen molar-refractivity contribution in [1.82, 2.24) is 0 Å². The van der Waals surface area contributed by atoms with E-state index in [9.17, 15) is 4.79 Å². The van der Waals surface area contributed by atoms with E-state index in [-0.39, 0.29) is 12.0 Å². The number of nitrogens with zero attached hydrogens (tertiary/aromatic N) is 1. The Labute approximate surface area is 128 Å². The van der Waals surface area contributed by atoms with Crippen molar-refractivity contribution in [3.63, 3.8) is 0 Å². The van der Waals surface area contributed by atoms with Crippen molar-refractivity contribution < 1.29 is 9.53 Å². The van der Waals surface area contributed by atoms with Crippen molar-refractivity contribution in [3.8, 4) is 0 Å². The minimum absolute atomic E-state index is 0.149. The molecule has 0 bridgehead atoms. The Morgan fingerprint density at radius 1 is 1.38 bits per heavy atom. The van der Waals surface area contributed by atoms with Gasteiger partial charge in [-0.15, -0.1) is 0 Å². The molecule has 0 spiro atoms. The minimum Gasteiger partial charge on any atom is -0.465 e. The second-order valence-corrected chi connectivity index (χ2v) is 5.76. The molecule has 0 aromatic heterocycles. The van der Waals surface area contributed by atoms with Crippen molar-refractivity contribution in [2.75, 3.05) is 18.1 Å². The first-order valence-corrected chi connectivity index (χ1v) is 7.61. The molecule has 1 rings (SSSR count). The van der Waals surface area contributed by atoms with Crippen LogP contribution in [0.5, 0.6) is 0 Å². The number of ether oxygens (including phenoxy) is 1. The fourth-order valence-electron chi connectivity index (χ4n) is 2.71. The van der Waals surface area contributed by atoms with Crippen molar-refractivity contribution >= 4 is 11.7 Å². The van der Waals surface area contributed by atoms with Crippen LogP contribution in [0.3, 0.4) is 0 Å². The molecule has 0 aliphatic carbocycles. The fraction of sp³-hybridized carbons (Fsp3) is 0.588. The maximum atomic E-state index is 11.9. The highest BCUT2D eigenvalue weighted by atomic mass is 16.5. The second kappa shape index (κ2) is 7.46. The zero-order chi connectivity index (χ0) is 16.0. The summed E-state index contributed by atoms with van der Waals surface area (Å²) in [4.78, 5) is 14.2. The van der Waals surface area contributed by atoms with E-state index >= 15 is 0 Å². The van der Waals surface area contributed by atoms with Gasteiger partial charge in [0.05, 0.1) is 6.61 Å². The summed E-state index contributed by atoms with van der Waals surface area (Å²) in [7, 11) is 0. The number of hydrogen-bond donors (Lipinski definition) is 1. The molecule has 0 aliphatic heterocycles. The first-order chi connectivity index (χ1) is 9.83. The molecule has 2 unspecified atom stereocenters. The Kier molecular flexibility index (Phi) is 6.21. The summed E-state index contributed by atoms with van der Waals surface area (Å²) in [6.07, 6.45) is 0.550. The highest BCUT2D eigenvalue weighted by Gasteiger charge is 2.33. The molecular formula is C17H28N2O2. The van der Waals surface area contributed by atoms with Gasteiger partial charge in [0.15, 0.2) is 0 Å². The van der Waals surface area contributed by atoms with E-state index < -0.39 is 5.54 Å². The molecule has 0 amide bonds. The molecule has 118 valence electrons. The number of para-hydroxylation sites is 1. The minimum atomic E-state index is -0.967. The molecule has 0 saturated carbocycles. The number of esters is 1. The van der Waals surface area contributed by atoms with Crippen LogP contribution in [0.4, 0.5) is 5.69 Å². The SMILES string of the molecule is CCOC(=O)C(C)(N)CC(C)N(CC)c1ccccc1C. The summed E-state index contributed by atoms with van der Waals surface area (Å²) in [5, 5.41) is 0. The molecule has 21 heavy (non-hydrogen) atoms. The average molecular weight is 292 g/mol. The number of hydrogen-bond acceptors (Lipinski definition) is 4. The number of benzene rings is 1. The van der Waals surface area contributed by atoms with Gasteiger partial charge in [0.1, 0.15) is 5.54 Å². The number of anilines is 1. The lowest BCUT2D eigenvalue weighted by Gasteiger charge is -2.35. The van der Waals surface area contributed by atoms with Crippen LogP contribution in [0, 0.1) is 6.92 Å². The maximum absolute atomic E-state index is 11.9. The predicted octanol–water partition coefficient (Wildman–Crippen LogP) is 2.88. The average Bonchev–Trinajstić information content (AvgIpc) is 2.41. The molecule has 4 nitrogen and oxygen atoms in total. The van der Waals surface area contributed by atoms with Crippen LogP contribution in [0.15, 0.2) is 24.3 Å². The largest absolute Gasteiger partial charge is 0.465 e. The van der Waals surface area contributed by atoms with Gasteiger partial charge in [0.2, 0.25) is 0 Å². The maximum Gasteiger partial charge on any atom is 0.325 e. The molecule has 1 aromatic carbocycles. The Morgan fingerprint density at radius 2 is 2.00 bits per heavy atom. The van der Waals surface area contributed by atoms with E-state index in [0.717, 1.165) is 6.54 Å². The Bertz CT molecular complexity index is 472. The number of nitrogens with two attached hydrogens (primary N) is 1. The van der Waals surface area contributed by atoms with Crippen LogP contribution >= 0.6 is 0 Å². The van der Waals surface area contributed by atoms with Gasteiger partial charge >= 0.3 is 5.97 Å². The van der Waals surface area contributed by atoms with Gasteiger partial charge in [-0.25, -0.2) is 0 Å². The molecule has 1 aromatic rings. The van der Waals surface area contributed by atoms with Crippen molar-refractivity contribution in [3.05, 3.63) is 29.8 Å². The lowest BCUT2D eigenvalue weighted by molar-refractivity contribution is -0.149. The zero-order valence-corrected chi connectivity index (χ0v) is 13.8. The van der Waals surface area contributed by atoms with Gasteiger partial charge in [0.25, 0.3) is 0 Å². The summed E-state index contributed by atoms with van der Waals surface area (Å²) < 4.78 is 5.07. The van der Waals surface area contributed by atoms with Crippen LogP contribution in [0.25, 0.3) is 0 Å². The van der Waals surface area contributed by atoms with Gasteiger partial charge in [-0.2, -0.15) is 0 Å². The molecular weight excluding hydrogens is 264 g/mol. The highest BCUT2D eigenvalue weighted by Crippen LogP contribution is 2.25. The van der Waals surface area contributed by atoms with Crippen LogP contribution in [0.2, 0.25) is 0 Å². The normalized spacial score (nSPS) is 15.1. The number of rotatable bonds is 7. The Hall–Kier alpha value is -1.55. The lowest BCUT2D eigenvalue weighted by atomic mass is 9.93. The van der Waals surface area contributed by atoms with E-state index in [1.54, 1.807) is 13.8 Å². The fourth-order valence-corrected chi connectivity index (χ4v) is 2.71.